The summed E-state index contributed by atoms with van der Waals surface area (Å²) in [5, 5.41) is 9.15. The van der Waals surface area contributed by atoms with Crippen LogP contribution < -0.4 is 16.0 Å². The minimum absolute atomic E-state index is 0.0199. The topological polar surface area (TPSA) is 78.9 Å². The largest absolute Gasteiger partial charge is 0.370 e. The summed E-state index contributed by atoms with van der Waals surface area (Å²) in [6.45, 7) is 9.36. The van der Waals surface area contributed by atoms with E-state index in [4.69, 9.17) is 0 Å². The van der Waals surface area contributed by atoms with Crippen LogP contribution in [0.2, 0.25) is 0 Å². The molecule has 3 N–H and O–H groups in total. The second-order valence-corrected chi connectivity index (χ2v) is 4.60. The number of aryl methyl sites for hydroxylation is 1. The lowest BCUT2D eigenvalue weighted by atomic mass is 10.3. The van der Waals surface area contributed by atoms with Crippen LogP contribution in [0.25, 0.3) is 0 Å². The van der Waals surface area contributed by atoms with Crippen molar-refractivity contribution in [2.24, 2.45) is 0 Å². The first kappa shape index (κ1) is 16.2. The molecule has 1 atom stereocenters. The first-order valence-corrected chi connectivity index (χ1v) is 7.26. The molecule has 6 heteroatoms. The first-order valence-electron chi connectivity index (χ1n) is 7.26. The van der Waals surface area contributed by atoms with E-state index in [1.54, 1.807) is 0 Å². The van der Waals surface area contributed by atoms with Gasteiger partial charge < -0.3 is 16.0 Å². The highest BCUT2D eigenvalue weighted by Crippen LogP contribution is 2.12. The summed E-state index contributed by atoms with van der Waals surface area (Å²) in [7, 11) is 0. The van der Waals surface area contributed by atoms with Crippen molar-refractivity contribution >= 4 is 17.5 Å². The van der Waals surface area contributed by atoms with Gasteiger partial charge in [-0.25, -0.2) is 9.97 Å². The van der Waals surface area contributed by atoms with Gasteiger partial charge in [-0.15, -0.1) is 0 Å². The third-order valence-electron chi connectivity index (χ3n) is 2.75. The second kappa shape index (κ2) is 8.35. The van der Waals surface area contributed by atoms with Gasteiger partial charge in [-0.1, -0.05) is 13.8 Å². The normalized spacial score (nSPS) is 11.8. The van der Waals surface area contributed by atoms with Gasteiger partial charge in [0, 0.05) is 25.6 Å². The summed E-state index contributed by atoms with van der Waals surface area (Å²) >= 11 is 0. The number of aromatic nitrogens is 2. The molecule has 1 amide bonds. The summed E-state index contributed by atoms with van der Waals surface area (Å²) < 4.78 is 0. The lowest BCUT2D eigenvalue weighted by Crippen LogP contribution is -2.38. The molecule has 1 rings (SSSR count). The van der Waals surface area contributed by atoms with Gasteiger partial charge in [-0.05, 0) is 20.3 Å². The first-order chi connectivity index (χ1) is 9.60. The summed E-state index contributed by atoms with van der Waals surface area (Å²) in [6, 6.07) is 1.50. The van der Waals surface area contributed by atoms with Crippen LogP contribution >= 0.6 is 0 Å². The Bertz CT molecular complexity index is 436. The van der Waals surface area contributed by atoms with Crippen molar-refractivity contribution in [3.05, 3.63) is 11.9 Å². The Morgan fingerprint density at radius 1 is 1.25 bits per heavy atom. The molecule has 6 nitrogen and oxygen atoms in total. The molecular formula is C14H25N5O. The molecule has 0 bridgehead atoms. The van der Waals surface area contributed by atoms with Crippen molar-refractivity contribution in [3.8, 4) is 0 Å². The number of carbonyl (C=O) groups excluding carboxylic acids is 1. The van der Waals surface area contributed by atoms with Gasteiger partial charge in [0.15, 0.2) is 0 Å². The number of anilines is 2. The van der Waals surface area contributed by atoms with Crippen LogP contribution in [0.5, 0.6) is 0 Å². The maximum absolute atomic E-state index is 11.8. The molecule has 0 fully saturated rings. The van der Waals surface area contributed by atoms with Crippen molar-refractivity contribution in [1.29, 1.82) is 0 Å². The van der Waals surface area contributed by atoms with Crippen LogP contribution in [0, 0.1) is 0 Å². The van der Waals surface area contributed by atoms with E-state index in [0.29, 0.717) is 12.4 Å². The number of nitrogens with zero attached hydrogens (tertiary/aromatic N) is 2. The minimum atomic E-state index is -0.323. The molecule has 0 aromatic carbocycles. The average molecular weight is 279 g/mol. The third-order valence-corrected chi connectivity index (χ3v) is 2.75. The van der Waals surface area contributed by atoms with Gasteiger partial charge >= 0.3 is 0 Å². The highest BCUT2D eigenvalue weighted by Gasteiger charge is 2.13. The Labute approximate surface area is 120 Å². The molecule has 0 aliphatic rings. The fourth-order valence-corrected chi connectivity index (χ4v) is 1.69. The monoisotopic (exact) mass is 279 g/mol. The number of amides is 1. The van der Waals surface area contributed by atoms with E-state index in [0.717, 1.165) is 31.0 Å². The van der Waals surface area contributed by atoms with Gasteiger partial charge in [0.25, 0.3) is 0 Å². The zero-order chi connectivity index (χ0) is 15.0. The fraction of sp³-hybridized carbons (Fsp3) is 0.643. The van der Waals surface area contributed by atoms with Gasteiger partial charge in [-0.2, -0.15) is 0 Å². The zero-order valence-corrected chi connectivity index (χ0v) is 12.8. The van der Waals surface area contributed by atoms with E-state index in [1.165, 1.54) is 0 Å². The molecule has 0 spiro atoms. The number of rotatable bonds is 8. The Kier molecular flexibility index (Phi) is 6.76. The summed E-state index contributed by atoms with van der Waals surface area (Å²) in [6.07, 6.45) is 1.68. The lowest BCUT2D eigenvalue weighted by Gasteiger charge is -2.15. The van der Waals surface area contributed by atoms with E-state index < -0.39 is 0 Å². The standard InChI is InChI=1S/C14H25N5O/c1-5-8-16-14(20)10(4)17-13-9-12(15-7-3)18-11(6-2)19-13/h9-10H,5-8H2,1-4H3,(H,16,20)(H2,15,17,18,19). The highest BCUT2D eigenvalue weighted by molar-refractivity contribution is 5.83. The molecule has 0 saturated carbocycles. The predicted octanol–water partition coefficient (Wildman–Crippen LogP) is 1.80. The SMILES string of the molecule is CCCNC(=O)C(C)Nc1cc(NCC)nc(CC)n1. The highest BCUT2D eigenvalue weighted by atomic mass is 16.2. The molecule has 20 heavy (non-hydrogen) atoms. The van der Waals surface area contributed by atoms with Crippen LogP contribution in [-0.2, 0) is 11.2 Å². The van der Waals surface area contributed by atoms with Gasteiger partial charge in [-0.3, -0.25) is 4.79 Å². The molecule has 1 aromatic rings. The van der Waals surface area contributed by atoms with Crippen molar-refractivity contribution in [2.45, 2.75) is 46.6 Å². The molecule has 1 aromatic heterocycles. The number of hydrogen-bond acceptors (Lipinski definition) is 5. The van der Waals surface area contributed by atoms with Crippen molar-refractivity contribution in [1.82, 2.24) is 15.3 Å². The van der Waals surface area contributed by atoms with Crippen LogP contribution in [0.3, 0.4) is 0 Å². The Hall–Kier alpha value is -1.85. The van der Waals surface area contributed by atoms with Crippen LogP contribution in [0.1, 0.15) is 39.9 Å². The smallest absolute Gasteiger partial charge is 0.242 e. The molecule has 112 valence electrons. The maximum atomic E-state index is 11.8. The van der Waals surface area contributed by atoms with Crippen LogP contribution in [-0.4, -0.2) is 35.0 Å². The lowest BCUT2D eigenvalue weighted by molar-refractivity contribution is -0.121. The molecule has 1 unspecified atom stereocenters. The number of hydrogen-bond donors (Lipinski definition) is 3. The summed E-state index contributed by atoms with van der Waals surface area (Å²) in [5.74, 6) is 2.19. The van der Waals surface area contributed by atoms with Gasteiger partial charge in [0.1, 0.15) is 23.5 Å². The van der Waals surface area contributed by atoms with Gasteiger partial charge in [0.05, 0.1) is 0 Å². The summed E-state index contributed by atoms with van der Waals surface area (Å²) in [4.78, 5) is 20.6. The average Bonchev–Trinajstić information content (AvgIpc) is 2.44. The quantitative estimate of drug-likeness (QED) is 0.676. The summed E-state index contributed by atoms with van der Waals surface area (Å²) in [5.41, 5.74) is 0. The zero-order valence-electron chi connectivity index (χ0n) is 12.8. The Morgan fingerprint density at radius 2 is 1.95 bits per heavy atom. The van der Waals surface area contributed by atoms with E-state index in [2.05, 4.69) is 25.9 Å². The third kappa shape index (κ3) is 5.03. The molecular weight excluding hydrogens is 254 g/mol. The fourth-order valence-electron chi connectivity index (χ4n) is 1.69. The molecule has 0 aliphatic carbocycles. The van der Waals surface area contributed by atoms with Crippen LogP contribution in [0.15, 0.2) is 6.07 Å². The van der Waals surface area contributed by atoms with Crippen molar-refractivity contribution in [3.63, 3.8) is 0 Å². The molecule has 0 saturated heterocycles. The molecule has 0 aliphatic heterocycles. The maximum Gasteiger partial charge on any atom is 0.242 e. The number of nitrogens with one attached hydrogen (secondary N) is 3. The predicted molar refractivity (Wildman–Crippen MR) is 82.0 cm³/mol. The minimum Gasteiger partial charge on any atom is -0.370 e. The second-order valence-electron chi connectivity index (χ2n) is 4.60. The van der Waals surface area contributed by atoms with E-state index in [-0.39, 0.29) is 11.9 Å². The van der Waals surface area contributed by atoms with Crippen LogP contribution in [0.4, 0.5) is 11.6 Å². The number of carbonyl (C=O) groups is 1. The van der Waals surface area contributed by atoms with E-state index >= 15 is 0 Å². The molecule has 0 radical (unpaired) electrons. The van der Waals surface area contributed by atoms with E-state index in [1.807, 2.05) is 33.8 Å². The van der Waals surface area contributed by atoms with Crippen molar-refractivity contribution in [2.75, 3.05) is 23.7 Å². The van der Waals surface area contributed by atoms with E-state index in [9.17, 15) is 4.79 Å². The van der Waals surface area contributed by atoms with Gasteiger partial charge in [0.2, 0.25) is 5.91 Å². The van der Waals surface area contributed by atoms with Crippen molar-refractivity contribution < 1.29 is 4.79 Å². The molecule has 1 heterocycles. The Balaban J connectivity index is 2.74. The Morgan fingerprint density at radius 3 is 2.55 bits per heavy atom.